The summed E-state index contributed by atoms with van der Waals surface area (Å²) in [7, 11) is 0. The van der Waals surface area contributed by atoms with Crippen molar-refractivity contribution in [3.05, 3.63) is 126 Å². The summed E-state index contributed by atoms with van der Waals surface area (Å²) >= 11 is 0. The number of hydrogen-bond donors (Lipinski definition) is 1. The highest BCUT2D eigenvalue weighted by Crippen LogP contribution is 2.39. The molecule has 0 aliphatic carbocycles. The monoisotopic (exact) mass is 416 g/mol. The third-order valence-corrected chi connectivity index (χ3v) is 5.42. The summed E-state index contributed by atoms with van der Waals surface area (Å²) in [6.07, 6.45) is 0. The van der Waals surface area contributed by atoms with Gasteiger partial charge in [0.2, 0.25) is 0 Å². The van der Waals surface area contributed by atoms with Crippen LogP contribution < -0.4 is 5.32 Å². The molecule has 0 radical (unpaired) electrons. The molecule has 0 atom stereocenters. The van der Waals surface area contributed by atoms with E-state index in [9.17, 15) is 9.59 Å². The first-order chi connectivity index (χ1) is 15.7. The maximum atomic E-state index is 13.7. The van der Waals surface area contributed by atoms with E-state index in [0.29, 0.717) is 22.5 Å². The number of nitrogens with one attached hydrogen (secondary N) is 1. The van der Waals surface area contributed by atoms with Crippen LogP contribution >= 0.6 is 0 Å². The van der Waals surface area contributed by atoms with Crippen LogP contribution in [0.1, 0.15) is 20.7 Å². The van der Waals surface area contributed by atoms with Gasteiger partial charge in [0.1, 0.15) is 0 Å². The van der Waals surface area contributed by atoms with Crippen LogP contribution in [0.25, 0.3) is 22.2 Å². The van der Waals surface area contributed by atoms with E-state index in [-0.39, 0.29) is 11.8 Å². The van der Waals surface area contributed by atoms with E-state index in [1.807, 2.05) is 91.0 Å². The van der Waals surface area contributed by atoms with Crippen LogP contribution in [0.4, 0.5) is 5.69 Å². The minimum atomic E-state index is -0.224. The molecule has 4 nitrogen and oxygen atoms in total. The smallest absolute Gasteiger partial charge is 0.262 e. The molecule has 1 aromatic heterocycles. The lowest BCUT2D eigenvalue weighted by molar-refractivity contribution is 0.0965. The van der Waals surface area contributed by atoms with Crippen LogP contribution in [0, 0.1) is 0 Å². The molecule has 0 saturated carbocycles. The molecule has 0 aliphatic heterocycles. The van der Waals surface area contributed by atoms with Crippen molar-refractivity contribution in [2.24, 2.45) is 0 Å². The maximum absolute atomic E-state index is 13.7. The third-order valence-electron chi connectivity index (χ3n) is 5.42. The van der Waals surface area contributed by atoms with Crippen molar-refractivity contribution in [1.29, 1.82) is 0 Å². The van der Waals surface area contributed by atoms with Crippen molar-refractivity contribution in [2.75, 3.05) is 5.32 Å². The lowest BCUT2D eigenvalue weighted by Crippen LogP contribution is -2.15. The van der Waals surface area contributed by atoms with Crippen LogP contribution in [0.3, 0.4) is 0 Å². The zero-order valence-electron chi connectivity index (χ0n) is 17.2. The number of carbonyl (C=O) groups is 2. The zero-order chi connectivity index (χ0) is 21.9. The molecular weight excluding hydrogens is 396 g/mol. The molecule has 0 spiro atoms. The molecule has 1 heterocycles. The van der Waals surface area contributed by atoms with Crippen molar-refractivity contribution >= 4 is 28.4 Å². The fraction of sp³-hybridized carbons (Fsp3) is 0. The van der Waals surface area contributed by atoms with E-state index in [0.717, 1.165) is 16.5 Å². The number of hydrogen-bond acceptors (Lipinski definition) is 2. The molecule has 0 fully saturated rings. The predicted molar refractivity (Wildman–Crippen MR) is 128 cm³/mol. The molecule has 0 unspecified atom stereocenters. The topological polar surface area (TPSA) is 51.1 Å². The summed E-state index contributed by atoms with van der Waals surface area (Å²) in [5.41, 5.74) is 3.99. The highest BCUT2D eigenvalue weighted by Gasteiger charge is 2.24. The van der Waals surface area contributed by atoms with Crippen molar-refractivity contribution in [1.82, 2.24) is 4.57 Å². The maximum Gasteiger partial charge on any atom is 0.262 e. The Bertz CT molecular complexity index is 1410. The number of amides is 1. The average molecular weight is 416 g/mol. The molecule has 1 amide bonds. The van der Waals surface area contributed by atoms with Gasteiger partial charge in [-0.15, -0.1) is 0 Å². The molecule has 5 rings (SSSR count). The molecular formula is C28H20N2O2. The Morgan fingerprint density at radius 1 is 0.594 bits per heavy atom. The molecule has 0 saturated heterocycles. The van der Waals surface area contributed by atoms with Gasteiger partial charge in [-0.3, -0.25) is 14.2 Å². The Hall–Kier alpha value is -4.44. The molecule has 5 aromatic rings. The summed E-state index contributed by atoms with van der Waals surface area (Å²) in [5.74, 6) is -0.376. The normalized spacial score (nSPS) is 10.8. The van der Waals surface area contributed by atoms with Crippen LogP contribution in [-0.4, -0.2) is 16.4 Å². The highest BCUT2D eigenvalue weighted by molar-refractivity contribution is 6.17. The lowest BCUT2D eigenvalue weighted by Gasteiger charge is -2.12. The zero-order valence-corrected chi connectivity index (χ0v) is 17.2. The Balaban J connectivity index is 1.76. The molecule has 0 aliphatic rings. The van der Waals surface area contributed by atoms with Gasteiger partial charge in [0.25, 0.3) is 11.8 Å². The first-order valence-corrected chi connectivity index (χ1v) is 10.4. The fourth-order valence-electron chi connectivity index (χ4n) is 3.93. The average Bonchev–Trinajstić information content (AvgIpc) is 3.19. The fourth-order valence-corrected chi connectivity index (χ4v) is 3.93. The summed E-state index contributed by atoms with van der Waals surface area (Å²) < 4.78 is 1.70. The summed E-state index contributed by atoms with van der Waals surface area (Å²) in [5, 5.41) is 3.89. The second-order valence-electron chi connectivity index (χ2n) is 7.43. The van der Waals surface area contributed by atoms with Gasteiger partial charge in [0.05, 0.1) is 16.9 Å². The highest BCUT2D eigenvalue weighted by atomic mass is 16.2. The standard InChI is InChI=1S/C28H20N2O2/c31-27(21-14-6-2-7-15-21)29-25-23-18-10-11-19-24(23)30(26(25)20-12-4-1-5-13-20)28(32)22-16-8-3-9-17-22/h1-19H,(H,29,31). The van der Waals surface area contributed by atoms with E-state index >= 15 is 0 Å². The van der Waals surface area contributed by atoms with Gasteiger partial charge in [-0.25, -0.2) is 0 Å². The summed E-state index contributed by atoms with van der Waals surface area (Å²) in [6, 6.07) is 35.5. The third kappa shape index (κ3) is 3.48. The molecule has 4 aromatic carbocycles. The lowest BCUT2D eigenvalue weighted by atomic mass is 10.1. The largest absolute Gasteiger partial charge is 0.320 e. The Morgan fingerprint density at radius 2 is 1.12 bits per heavy atom. The van der Waals surface area contributed by atoms with Crippen LogP contribution in [0.2, 0.25) is 0 Å². The number of anilines is 1. The summed E-state index contributed by atoms with van der Waals surface area (Å²) in [6.45, 7) is 0. The molecule has 4 heteroatoms. The van der Waals surface area contributed by atoms with E-state index in [1.165, 1.54) is 0 Å². The minimum Gasteiger partial charge on any atom is -0.320 e. The van der Waals surface area contributed by atoms with Gasteiger partial charge in [-0.1, -0.05) is 84.9 Å². The molecule has 154 valence electrons. The van der Waals surface area contributed by atoms with E-state index in [4.69, 9.17) is 0 Å². The number of carbonyl (C=O) groups excluding carboxylic acids is 2. The first-order valence-electron chi connectivity index (χ1n) is 10.4. The van der Waals surface area contributed by atoms with Crippen molar-refractivity contribution < 1.29 is 9.59 Å². The van der Waals surface area contributed by atoms with Gasteiger partial charge >= 0.3 is 0 Å². The van der Waals surface area contributed by atoms with Crippen molar-refractivity contribution in [3.8, 4) is 11.3 Å². The number of rotatable bonds is 4. The second kappa shape index (κ2) is 8.36. The Morgan fingerprint density at radius 3 is 1.78 bits per heavy atom. The SMILES string of the molecule is O=C(Nc1c(-c2ccccc2)n(C(=O)c2ccccc2)c2ccccc12)c1ccccc1. The number of aromatic nitrogens is 1. The number of nitrogens with zero attached hydrogens (tertiary/aromatic N) is 1. The minimum absolute atomic E-state index is 0.152. The molecule has 0 bridgehead atoms. The van der Waals surface area contributed by atoms with Gasteiger partial charge in [0, 0.05) is 22.1 Å². The first kappa shape index (κ1) is 19.5. The van der Waals surface area contributed by atoms with Gasteiger partial charge in [-0.05, 0) is 30.3 Å². The van der Waals surface area contributed by atoms with Crippen LogP contribution in [-0.2, 0) is 0 Å². The van der Waals surface area contributed by atoms with Gasteiger partial charge in [0.15, 0.2) is 0 Å². The Kier molecular flexibility index (Phi) is 5.10. The van der Waals surface area contributed by atoms with Gasteiger partial charge < -0.3 is 5.32 Å². The van der Waals surface area contributed by atoms with Crippen LogP contribution in [0.5, 0.6) is 0 Å². The number of benzene rings is 4. The van der Waals surface area contributed by atoms with Gasteiger partial charge in [-0.2, -0.15) is 0 Å². The molecule has 1 N–H and O–H groups in total. The Labute approximate surface area is 185 Å². The molecule has 32 heavy (non-hydrogen) atoms. The predicted octanol–water partition coefficient (Wildman–Crippen LogP) is 6.25. The second-order valence-corrected chi connectivity index (χ2v) is 7.43. The van der Waals surface area contributed by atoms with E-state index in [2.05, 4.69) is 5.32 Å². The van der Waals surface area contributed by atoms with E-state index < -0.39 is 0 Å². The van der Waals surface area contributed by atoms with Crippen LogP contribution in [0.15, 0.2) is 115 Å². The van der Waals surface area contributed by atoms with Crippen molar-refractivity contribution in [2.45, 2.75) is 0 Å². The quantitative estimate of drug-likeness (QED) is 0.376. The number of fused-ring (bicyclic) bond motifs is 1. The number of para-hydroxylation sites is 1. The summed E-state index contributed by atoms with van der Waals surface area (Å²) in [4.78, 5) is 26.8. The van der Waals surface area contributed by atoms with Crippen molar-refractivity contribution in [3.63, 3.8) is 0 Å². The van der Waals surface area contributed by atoms with E-state index in [1.54, 1.807) is 28.8 Å².